The highest BCUT2D eigenvalue weighted by atomic mass is 16.5. The minimum atomic E-state index is -0.455. The zero-order valence-electron chi connectivity index (χ0n) is 22.5. The lowest BCUT2D eigenvalue weighted by Crippen LogP contribution is -2.53. The normalized spacial score (nSPS) is 20.7. The van der Waals surface area contributed by atoms with Crippen molar-refractivity contribution in [2.75, 3.05) is 19.7 Å². The Kier molecular flexibility index (Phi) is 7.95. The van der Waals surface area contributed by atoms with E-state index in [-0.39, 0.29) is 17.9 Å². The molecule has 202 valence electrons. The van der Waals surface area contributed by atoms with Crippen LogP contribution in [-0.4, -0.2) is 57.9 Å². The van der Waals surface area contributed by atoms with Gasteiger partial charge in [-0.2, -0.15) is 15.4 Å². The Bertz CT molecular complexity index is 1260. The second kappa shape index (κ2) is 11.5. The number of ether oxygens (including phenoxy) is 1. The number of aryl methyl sites for hydroxylation is 1. The molecule has 0 unspecified atom stereocenters. The molecule has 2 aliphatic heterocycles. The molecule has 8 heteroatoms. The predicted molar refractivity (Wildman–Crippen MR) is 147 cm³/mol. The van der Waals surface area contributed by atoms with E-state index in [0.29, 0.717) is 49.5 Å². The number of amides is 2. The van der Waals surface area contributed by atoms with Crippen molar-refractivity contribution in [3.05, 3.63) is 53.6 Å². The van der Waals surface area contributed by atoms with Gasteiger partial charge in [-0.05, 0) is 74.3 Å². The van der Waals surface area contributed by atoms with Crippen molar-refractivity contribution in [2.24, 2.45) is 11.3 Å². The van der Waals surface area contributed by atoms with E-state index in [9.17, 15) is 9.59 Å². The molecule has 38 heavy (non-hydrogen) atoms. The van der Waals surface area contributed by atoms with Gasteiger partial charge in [-0.3, -0.25) is 9.59 Å². The molecule has 5 rings (SSSR count). The zero-order chi connectivity index (χ0) is 26.5. The molecule has 0 aliphatic carbocycles. The summed E-state index contributed by atoms with van der Waals surface area (Å²) in [6, 6.07) is 13.6. The van der Waals surface area contributed by atoms with Crippen LogP contribution in [0.25, 0.3) is 11.0 Å². The molecule has 2 N–H and O–H groups in total. The summed E-state index contributed by atoms with van der Waals surface area (Å²) in [5.41, 5.74) is 2.81. The molecule has 1 spiro atoms. The maximum Gasteiger partial charge on any atom is 0.253 e. The molecule has 0 radical (unpaired) electrons. The van der Waals surface area contributed by atoms with Gasteiger partial charge in [0.1, 0.15) is 23.4 Å². The highest BCUT2D eigenvalue weighted by Crippen LogP contribution is 2.38. The van der Waals surface area contributed by atoms with Gasteiger partial charge in [0.2, 0.25) is 5.91 Å². The summed E-state index contributed by atoms with van der Waals surface area (Å²) in [5.74, 6) is 1.47. The van der Waals surface area contributed by atoms with E-state index in [1.54, 1.807) is 12.1 Å². The van der Waals surface area contributed by atoms with Crippen LogP contribution in [0.5, 0.6) is 5.75 Å². The summed E-state index contributed by atoms with van der Waals surface area (Å²) < 4.78 is 6.28. The monoisotopic (exact) mass is 517 g/mol. The molecule has 1 atom stereocenters. The molecule has 3 heterocycles. The van der Waals surface area contributed by atoms with Crippen LogP contribution in [0.15, 0.2) is 42.5 Å². The standard InChI is InChI=1S/C30H39N5O3/c1-21(2)18-24-20-38-27-10-6-5-9-22(27)8-4-3-7-13-30(29(37)31-24)14-16-35(17-15-30)28(36)23-11-12-25-26(19-23)33-34-32-25/h5-6,9-12,19,21,24H,3-4,7-8,13-18,20H2,1-2H3,(H,31,37)(H,32,33,34)/t24-/m0/s1. The van der Waals surface area contributed by atoms with Gasteiger partial charge < -0.3 is 15.0 Å². The highest BCUT2D eigenvalue weighted by Gasteiger charge is 2.42. The number of likely N-dealkylation sites (tertiary alicyclic amines) is 1. The lowest BCUT2D eigenvalue weighted by molar-refractivity contribution is -0.135. The SMILES string of the molecule is CC(C)C[C@H]1COc2ccccc2CCCCCC2(CCN(C(=O)c3ccc4n[nH]nc4c3)CC2)C(=O)N1. The number of hydrogen-bond acceptors (Lipinski definition) is 5. The first-order chi connectivity index (χ1) is 18.4. The molecule has 8 nitrogen and oxygen atoms in total. The van der Waals surface area contributed by atoms with E-state index in [2.05, 4.69) is 46.7 Å². The third-order valence-corrected chi connectivity index (χ3v) is 8.16. The molecule has 0 saturated carbocycles. The quantitative estimate of drug-likeness (QED) is 0.514. The van der Waals surface area contributed by atoms with Gasteiger partial charge in [-0.1, -0.05) is 44.9 Å². The van der Waals surface area contributed by atoms with Crippen LogP contribution >= 0.6 is 0 Å². The van der Waals surface area contributed by atoms with Crippen molar-refractivity contribution in [1.29, 1.82) is 0 Å². The number of nitrogens with one attached hydrogen (secondary N) is 2. The first-order valence-electron chi connectivity index (χ1n) is 14.0. The number of carbonyl (C=O) groups is 2. The highest BCUT2D eigenvalue weighted by molar-refractivity contribution is 5.97. The largest absolute Gasteiger partial charge is 0.491 e. The Morgan fingerprint density at radius 1 is 1.05 bits per heavy atom. The molecule has 1 saturated heterocycles. The number of rotatable bonds is 3. The molecule has 0 bridgehead atoms. The molecule has 2 aromatic carbocycles. The lowest BCUT2D eigenvalue weighted by Gasteiger charge is -2.41. The molecule has 1 fully saturated rings. The lowest BCUT2D eigenvalue weighted by atomic mass is 9.73. The van der Waals surface area contributed by atoms with Crippen molar-refractivity contribution < 1.29 is 14.3 Å². The Labute approximate surface area is 224 Å². The van der Waals surface area contributed by atoms with Gasteiger partial charge >= 0.3 is 0 Å². The average Bonchev–Trinajstić information content (AvgIpc) is 3.39. The van der Waals surface area contributed by atoms with Crippen LogP contribution < -0.4 is 10.1 Å². The Hall–Kier alpha value is -3.42. The predicted octanol–water partition coefficient (Wildman–Crippen LogP) is 4.91. The maximum absolute atomic E-state index is 13.9. The van der Waals surface area contributed by atoms with Gasteiger partial charge in [0, 0.05) is 18.7 Å². The van der Waals surface area contributed by atoms with Crippen LogP contribution in [0.3, 0.4) is 0 Å². The maximum atomic E-state index is 13.9. The van der Waals surface area contributed by atoms with Gasteiger partial charge in [-0.25, -0.2) is 0 Å². The topological polar surface area (TPSA) is 100 Å². The number of H-pyrrole nitrogens is 1. The summed E-state index contributed by atoms with van der Waals surface area (Å²) in [6.07, 6.45) is 7.18. The van der Waals surface area contributed by atoms with Crippen LogP contribution in [0, 0.1) is 11.3 Å². The van der Waals surface area contributed by atoms with Crippen molar-refractivity contribution in [3.8, 4) is 5.75 Å². The number of piperidine rings is 1. The van der Waals surface area contributed by atoms with Crippen LogP contribution in [0.2, 0.25) is 0 Å². The summed E-state index contributed by atoms with van der Waals surface area (Å²) in [4.78, 5) is 29.1. The van der Waals surface area contributed by atoms with Crippen LogP contribution in [0.4, 0.5) is 0 Å². The van der Waals surface area contributed by atoms with Crippen molar-refractivity contribution >= 4 is 22.8 Å². The second-order valence-electron chi connectivity index (χ2n) is 11.4. The van der Waals surface area contributed by atoms with E-state index in [1.807, 2.05) is 23.1 Å². The smallest absolute Gasteiger partial charge is 0.253 e. The fraction of sp³-hybridized carbons (Fsp3) is 0.533. The fourth-order valence-corrected chi connectivity index (χ4v) is 5.96. The van der Waals surface area contributed by atoms with Crippen LogP contribution in [0.1, 0.15) is 74.7 Å². The van der Waals surface area contributed by atoms with E-state index in [1.165, 1.54) is 5.56 Å². The van der Waals surface area contributed by atoms with E-state index >= 15 is 0 Å². The summed E-state index contributed by atoms with van der Waals surface area (Å²) in [6.45, 7) is 5.96. The molecule has 1 aromatic heterocycles. The number of para-hydroxylation sites is 1. The number of aromatic amines is 1. The van der Waals surface area contributed by atoms with Gasteiger partial charge in [0.15, 0.2) is 0 Å². The van der Waals surface area contributed by atoms with Crippen LogP contribution in [-0.2, 0) is 11.2 Å². The first kappa shape index (κ1) is 26.2. The summed E-state index contributed by atoms with van der Waals surface area (Å²) >= 11 is 0. The van der Waals surface area contributed by atoms with Crippen molar-refractivity contribution in [3.63, 3.8) is 0 Å². The van der Waals surface area contributed by atoms with E-state index < -0.39 is 5.41 Å². The number of benzene rings is 2. The molecule has 2 aliphatic rings. The van der Waals surface area contributed by atoms with E-state index in [4.69, 9.17) is 4.74 Å². The number of hydrogen-bond donors (Lipinski definition) is 2. The Balaban J connectivity index is 1.30. The summed E-state index contributed by atoms with van der Waals surface area (Å²) in [5, 5.41) is 14.2. The number of fused-ring (bicyclic) bond motifs is 2. The van der Waals surface area contributed by atoms with Crippen molar-refractivity contribution in [2.45, 2.75) is 71.3 Å². The Morgan fingerprint density at radius 2 is 1.84 bits per heavy atom. The molecular weight excluding hydrogens is 478 g/mol. The number of nitrogens with zero attached hydrogens (tertiary/aromatic N) is 3. The average molecular weight is 518 g/mol. The number of carbonyl (C=O) groups excluding carboxylic acids is 2. The second-order valence-corrected chi connectivity index (χ2v) is 11.4. The Morgan fingerprint density at radius 3 is 2.66 bits per heavy atom. The third-order valence-electron chi connectivity index (χ3n) is 8.16. The van der Waals surface area contributed by atoms with Gasteiger partial charge in [0.25, 0.3) is 5.91 Å². The van der Waals surface area contributed by atoms with Gasteiger partial charge in [0.05, 0.1) is 11.5 Å². The molecule has 3 aromatic rings. The van der Waals surface area contributed by atoms with Crippen molar-refractivity contribution in [1.82, 2.24) is 25.6 Å². The summed E-state index contributed by atoms with van der Waals surface area (Å²) in [7, 11) is 0. The fourth-order valence-electron chi connectivity index (χ4n) is 5.96. The minimum Gasteiger partial charge on any atom is -0.491 e. The molecular formula is C30H39N5O3. The minimum absolute atomic E-state index is 0.0151. The first-order valence-corrected chi connectivity index (χ1v) is 14.0. The number of aromatic nitrogens is 3. The molecule has 2 amide bonds. The van der Waals surface area contributed by atoms with Gasteiger partial charge in [-0.15, -0.1) is 0 Å². The third kappa shape index (κ3) is 5.84. The zero-order valence-corrected chi connectivity index (χ0v) is 22.5. The van der Waals surface area contributed by atoms with E-state index in [0.717, 1.165) is 49.8 Å².